The number of amides is 1. The predicted octanol–water partition coefficient (Wildman–Crippen LogP) is 3.62. The Labute approximate surface area is 142 Å². The van der Waals surface area contributed by atoms with E-state index in [0.29, 0.717) is 41.6 Å². The second kappa shape index (κ2) is 7.39. The summed E-state index contributed by atoms with van der Waals surface area (Å²) in [6.45, 7) is 5.08. The van der Waals surface area contributed by atoms with E-state index < -0.39 is 0 Å². The van der Waals surface area contributed by atoms with Crippen LogP contribution in [0, 0.1) is 0 Å². The van der Waals surface area contributed by atoms with E-state index in [1.165, 1.54) is 0 Å². The van der Waals surface area contributed by atoms with E-state index in [9.17, 15) is 14.4 Å². The first-order valence-corrected chi connectivity index (χ1v) is 8.12. The highest BCUT2D eigenvalue weighted by Crippen LogP contribution is 2.27. The summed E-state index contributed by atoms with van der Waals surface area (Å²) in [6, 6.07) is 9.43. The van der Waals surface area contributed by atoms with Crippen molar-refractivity contribution in [2.45, 2.75) is 40.0 Å². The summed E-state index contributed by atoms with van der Waals surface area (Å²) in [7, 11) is 1.74. The minimum Gasteiger partial charge on any atom is -0.316 e. The lowest BCUT2D eigenvalue weighted by Gasteiger charge is -2.20. The quantitative estimate of drug-likeness (QED) is 0.777. The lowest BCUT2D eigenvalue weighted by atomic mass is 9.84. The summed E-state index contributed by atoms with van der Waals surface area (Å²) in [4.78, 5) is 38.4. The van der Waals surface area contributed by atoms with Gasteiger partial charge in [0.15, 0.2) is 11.6 Å². The number of hydrogen-bond acceptors (Lipinski definition) is 3. The first kappa shape index (κ1) is 17.9. The molecular weight excluding hydrogens is 302 g/mol. The minimum absolute atomic E-state index is 0.00233. The topological polar surface area (TPSA) is 54.5 Å². The van der Waals surface area contributed by atoms with Gasteiger partial charge in [0.25, 0.3) is 0 Å². The first-order chi connectivity index (χ1) is 11.3. The number of benzene rings is 1. The van der Waals surface area contributed by atoms with Gasteiger partial charge >= 0.3 is 0 Å². The van der Waals surface area contributed by atoms with Crippen molar-refractivity contribution in [3.05, 3.63) is 52.6 Å². The number of carbonyl (C=O) groups is 3. The summed E-state index contributed by atoms with van der Waals surface area (Å²) in [5, 5.41) is 0. The number of ketones is 2. The van der Waals surface area contributed by atoms with Gasteiger partial charge in [0.05, 0.1) is 0 Å². The highest BCUT2D eigenvalue weighted by atomic mass is 16.2. The van der Waals surface area contributed by atoms with Crippen LogP contribution in [0.5, 0.6) is 0 Å². The molecule has 0 fully saturated rings. The van der Waals surface area contributed by atoms with Crippen LogP contribution >= 0.6 is 0 Å². The molecule has 0 saturated carbocycles. The second-order valence-electron chi connectivity index (χ2n) is 6.15. The lowest BCUT2D eigenvalue weighted by Crippen LogP contribution is -2.26. The van der Waals surface area contributed by atoms with Crippen LogP contribution in [0.1, 0.15) is 40.0 Å². The third-order valence-electron chi connectivity index (χ3n) is 4.65. The molecule has 4 nitrogen and oxygen atoms in total. The van der Waals surface area contributed by atoms with Crippen LogP contribution in [0.4, 0.5) is 5.69 Å². The molecule has 0 unspecified atom stereocenters. The molecule has 0 radical (unpaired) electrons. The fourth-order valence-electron chi connectivity index (χ4n) is 2.84. The fraction of sp³-hybridized carbons (Fsp3) is 0.350. The molecule has 126 valence electrons. The Morgan fingerprint density at radius 1 is 0.917 bits per heavy atom. The summed E-state index contributed by atoms with van der Waals surface area (Å²) in [5.41, 5.74) is 2.97. The Morgan fingerprint density at radius 3 is 2.12 bits per heavy atom. The van der Waals surface area contributed by atoms with Crippen molar-refractivity contribution in [3.63, 3.8) is 0 Å². The van der Waals surface area contributed by atoms with Crippen LogP contribution in [-0.2, 0) is 14.4 Å². The zero-order valence-corrected chi connectivity index (χ0v) is 14.7. The molecule has 0 heterocycles. The molecule has 1 amide bonds. The van der Waals surface area contributed by atoms with E-state index in [1.54, 1.807) is 32.7 Å². The maximum atomic E-state index is 12.4. The predicted molar refractivity (Wildman–Crippen MR) is 94.8 cm³/mol. The van der Waals surface area contributed by atoms with E-state index in [1.807, 2.05) is 30.3 Å². The van der Waals surface area contributed by atoms with Crippen LogP contribution in [0.3, 0.4) is 0 Å². The molecule has 2 rings (SSSR count). The van der Waals surface area contributed by atoms with Crippen LogP contribution in [0.25, 0.3) is 0 Å². The van der Waals surface area contributed by atoms with E-state index >= 15 is 0 Å². The molecule has 1 aromatic carbocycles. The maximum Gasteiger partial charge on any atom is 0.226 e. The Balaban J connectivity index is 1.98. The second-order valence-corrected chi connectivity index (χ2v) is 6.15. The largest absolute Gasteiger partial charge is 0.316 e. The van der Waals surface area contributed by atoms with Crippen LogP contribution in [0.15, 0.2) is 52.6 Å². The molecule has 0 N–H and O–H groups in total. The molecule has 0 aliphatic heterocycles. The monoisotopic (exact) mass is 325 g/mol. The lowest BCUT2D eigenvalue weighted by molar-refractivity contribution is -0.118. The van der Waals surface area contributed by atoms with Gasteiger partial charge < -0.3 is 4.90 Å². The Morgan fingerprint density at radius 2 is 1.50 bits per heavy atom. The van der Waals surface area contributed by atoms with E-state index in [0.717, 1.165) is 5.69 Å². The smallest absolute Gasteiger partial charge is 0.226 e. The van der Waals surface area contributed by atoms with Gasteiger partial charge in [-0.25, -0.2) is 0 Å². The number of carbonyl (C=O) groups excluding carboxylic acids is 3. The van der Waals surface area contributed by atoms with Crippen molar-refractivity contribution in [2.24, 2.45) is 0 Å². The van der Waals surface area contributed by atoms with Gasteiger partial charge in [-0.05, 0) is 45.7 Å². The number of allylic oxidation sites excluding steroid dienone is 4. The van der Waals surface area contributed by atoms with Crippen LogP contribution in [-0.4, -0.2) is 24.5 Å². The van der Waals surface area contributed by atoms with Gasteiger partial charge in [-0.1, -0.05) is 18.2 Å². The summed E-state index contributed by atoms with van der Waals surface area (Å²) in [6.07, 6.45) is 1.34. The SMILES string of the molecule is CC1=C(C)C(=O)C(CCCC(=O)N(C)c2ccccc2)=C(C)C1=O. The Hall–Kier alpha value is -2.49. The zero-order chi connectivity index (χ0) is 17.9. The third-order valence-corrected chi connectivity index (χ3v) is 4.65. The molecule has 0 saturated heterocycles. The average Bonchev–Trinajstić information content (AvgIpc) is 2.61. The summed E-state index contributed by atoms with van der Waals surface area (Å²) in [5.74, 6) is -0.124. The summed E-state index contributed by atoms with van der Waals surface area (Å²) >= 11 is 0. The number of Topliss-reactive ketones (excluding diaryl/α,β-unsaturated/α-hetero) is 2. The van der Waals surface area contributed by atoms with E-state index in [-0.39, 0.29) is 17.5 Å². The van der Waals surface area contributed by atoms with Crippen molar-refractivity contribution in [1.82, 2.24) is 0 Å². The maximum absolute atomic E-state index is 12.4. The molecule has 0 bridgehead atoms. The molecule has 1 aliphatic rings. The van der Waals surface area contributed by atoms with Gasteiger partial charge in [-0.3, -0.25) is 14.4 Å². The molecule has 0 spiro atoms. The van der Waals surface area contributed by atoms with Gasteiger partial charge in [0, 0.05) is 41.4 Å². The molecule has 1 aliphatic carbocycles. The standard InChI is InChI=1S/C20H23NO3/c1-13-14(2)20(24)17(15(3)19(13)23)11-8-12-18(22)21(4)16-9-6-5-7-10-16/h5-7,9-10H,8,11-12H2,1-4H3. The normalized spacial score (nSPS) is 15.2. The molecule has 0 aromatic heterocycles. The molecular formula is C20H23NO3. The van der Waals surface area contributed by atoms with Crippen molar-refractivity contribution in [2.75, 3.05) is 11.9 Å². The van der Waals surface area contributed by atoms with Gasteiger partial charge in [0.1, 0.15) is 0 Å². The number of nitrogens with zero attached hydrogens (tertiary/aromatic N) is 1. The van der Waals surface area contributed by atoms with Crippen LogP contribution < -0.4 is 4.90 Å². The van der Waals surface area contributed by atoms with E-state index in [2.05, 4.69) is 0 Å². The molecule has 0 atom stereocenters. The highest BCUT2D eigenvalue weighted by Gasteiger charge is 2.27. The Bertz CT molecular complexity index is 741. The van der Waals surface area contributed by atoms with Crippen molar-refractivity contribution in [3.8, 4) is 0 Å². The fourth-order valence-corrected chi connectivity index (χ4v) is 2.84. The average molecular weight is 325 g/mol. The first-order valence-electron chi connectivity index (χ1n) is 8.12. The van der Waals surface area contributed by atoms with Crippen LogP contribution in [0.2, 0.25) is 0 Å². The minimum atomic E-state index is -0.0616. The van der Waals surface area contributed by atoms with Crippen molar-refractivity contribution < 1.29 is 14.4 Å². The van der Waals surface area contributed by atoms with E-state index in [4.69, 9.17) is 0 Å². The van der Waals surface area contributed by atoms with Gasteiger partial charge in [-0.2, -0.15) is 0 Å². The van der Waals surface area contributed by atoms with Gasteiger partial charge in [0.2, 0.25) is 5.91 Å². The molecule has 4 heteroatoms. The third kappa shape index (κ3) is 3.53. The highest BCUT2D eigenvalue weighted by molar-refractivity contribution is 6.24. The van der Waals surface area contributed by atoms with Crippen molar-refractivity contribution >= 4 is 23.2 Å². The summed E-state index contributed by atoms with van der Waals surface area (Å²) < 4.78 is 0. The molecule has 1 aromatic rings. The number of hydrogen-bond donors (Lipinski definition) is 0. The number of para-hydroxylation sites is 1. The van der Waals surface area contributed by atoms with Crippen molar-refractivity contribution in [1.29, 1.82) is 0 Å². The zero-order valence-electron chi connectivity index (χ0n) is 14.7. The van der Waals surface area contributed by atoms with Gasteiger partial charge in [-0.15, -0.1) is 0 Å². The number of rotatable bonds is 5. The number of anilines is 1. The Kier molecular flexibility index (Phi) is 5.50. The molecule has 24 heavy (non-hydrogen) atoms.